The van der Waals surface area contributed by atoms with Gasteiger partial charge in [-0.15, -0.1) is 0 Å². The lowest BCUT2D eigenvalue weighted by molar-refractivity contribution is 0.0599. The van der Waals surface area contributed by atoms with Gasteiger partial charge in [0.2, 0.25) is 0 Å². The van der Waals surface area contributed by atoms with Crippen molar-refractivity contribution in [3.63, 3.8) is 0 Å². The molecule has 1 spiro atoms. The summed E-state index contributed by atoms with van der Waals surface area (Å²) >= 11 is 0. The summed E-state index contributed by atoms with van der Waals surface area (Å²) in [6, 6.07) is 0. The molecule has 4 nitrogen and oxygen atoms in total. The average Bonchev–Trinajstić information content (AvgIpc) is 2.75. The van der Waals surface area contributed by atoms with Gasteiger partial charge in [-0.05, 0) is 92.3 Å². The molecule has 180 valence electrons. The second kappa shape index (κ2) is 11.6. The lowest BCUT2D eigenvalue weighted by Crippen LogP contribution is -2.58. The summed E-state index contributed by atoms with van der Waals surface area (Å²) in [6.07, 6.45) is 10.5. The van der Waals surface area contributed by atoms with Crippen molar-refractivity contribution >= 4 is 0 Å². The molecule has 0 amide bonds. The van der Waals surface area contributed by atoms with Crippen molar-refractivity contribution in [2.45, 2.75) is 59.8 Å². The van der Waals surface area contributed by atoms with Crippen LogP contribution in [0.1, 0.15) is 59.8 Å². The Kier molecular flexibility index (Phi) is 9.07. The van der Waals surface area contributed by atoms with E-state index in [0.717, 1.165) is 39.0 Å². The molecule has 3 rings (SSSR count). The molecule has 1 atom stereocenters. The predicted octanol–water partition coefficient (Wildman–Crippen LogP) is 4.94. The molecule has 0 aromatic heterocycles. The van der Waals surface area contributed by atoms with Crippen molar-refractivity contribution in [1.82, 2.24) is 20.4 Å². The molecule has 3 heterocycles. The van der Waals surface area contributed by atoms with Gasteiger partial charge in [-0.3, -0.25) is 4.90 Å². The standard InChI is InChI=1S/C28H48N4/c1-7-26(16-29-15-25-10-9-23(5)32(18-25)17-22(3)4)24(6)27(8-2)19-31-13-11-28(12-14-31)20-30-21-28/h8,16,22,25,29-30H,2,5,7,9-15,17-21H2,1,3-4,6H3/b26-16+,27-24+. The second-order valence-electron chi connectivity index (χ2n) is 10.9. The highest BCUT2D eigenvalue weighted by atomic mass is 15.2. The Labute approximate surface area is 197 Å². The van der Waals surface area contributed by atoms with Crippen LogP contribution in [0.2, 0.25) is 0 Å². The minimum atomic E-state index is 0.609. The first-order valence-electron chi connectivity index (χ1n) is 13.0. The molecule has 0 aromatic rings. The fourth-order valence-corrected chi connectivity index (χ4v) is 5.50. The predicted molar refractivity (Wildman–Crippen MR) is 139 cm³/mol. The first-order chi connectivity index (χ1) is 15.4. The van der Waals surface area contributed by atoms with Gasteiger partial charge in [-0.2, -0.15) is 0 Å². The highest BCUT2D eigenvalue weighted by Gasteiger charge is 2.39. The Bertz CT molecular complexity index is 703. The molecule has 4 heteroatoms. The lowest BCUT2D eigenvalue weighted by Gasteiger charge is -2.48. The van der Waals surface area contributed by atoms with Crippen LogP contribution in [0.3, 0.4) is 0 Å². The summed E-state index contributed by atoms with van der Waals surface area (Å²) in [5.74, 6) is 1.38. The quantitative estimate of drug-likeness (QED) is 0.471. The third kappa shape index (κ3) is 6.51. The maximum absolute atomic E-state index is 4.29. The number of piperidine rings is 2. The number of nitrogens with one attached hydrogen (secondary N) is 2. The molecule has 0 saturated carbocycles. The summed E-state index contributed by atoms with van der Waals surface area (Å²) in [6.45, 7) is 26.8. The number of hydrogen-bond donors (Lipinski definition) is 2. The van der Waals surface area contributed by atoms with E-state index in [2.05, 4.69) is 73.6 Å². The van der Waals surface area contributed by atoms with Gasteiger partial charge in [0.1, 0.15) is 0 Å². The first-order valence-corrected chi connectivity index (χ1v) is 13.0. The van der Waals surface area contributed by atoms with Crippen molar-refractivity contribution in [2.75, 3.05) is 52.4 Å². The van der Waals surface area contributed by atoms with Crippen molar-refractivity contribution in [3.8, 4) is 0 Å². The highest BCUT2D eigenvalue weighted by molar-refractivity contribution is 5.38. The van der Waals surface area contributed by atoms with Crippen LogP contribution in [-0.2, 0) is 0 Å². The summed E-state index contributed by atoms with van der Waals surface area (Å²) < 4.78 is 0. The Morgan fingerprint density at radius 1 is 1.28 bits per heavy atom. The van der Waals surface area contributed by atoms with E-state index in [0.29, 0.717) is 17.3 Å². The number of rotatable bonds is 10. The van der Waals surface area contributed by atoms with Gasteiger partial charge in [0.15, 0.2) is 0 Å². The van der Waals surface area contributed by atoms with Gasteiger partial charge < -0.3 is 15.5 Å². The maximum Gasteiger partial charge on any atom is 0.0236 e. The van der Waals surface area contributed by atoms with E-state index in [1.165, 1.54) is 67.9 Å². The third-order valence-electron chi connectivity index (χ3n) is 7.94. The summed E-state index contributed by atoms with van der Waals surface area (Å²) in [5.41, 5.74) is 6.14. The van der Waals surface area contributed by atoms with Gasteiger partial charge in [0.25, 0.3) is 0 Å². The van der Waals surface area contributed by atoms with Crippen molar-refractivity contribution in [2.24, 2.45) is 17.3 Å². The first kappa shape index (κ1) is 25.1. The van der Waals surface area contributed by atoms with Crippen LogP contribution >= 0.6 is 0 Å². The molecule has 0 bridgehead atoms. The van der Waals surface area contributed by atoms with E-state index in [4.69, 9.17) is 0 Å². The van der Waals surface area contributed by atoms with Gasteiger partial charge in [0, 0.05) is 45.0 Å². The third-order valence-corrected chi connectivity index (χ3v) is 7.94. The molecule has 0 aromatic carbocycles. The van der Waals surface area contributed by atoms with Crippen molar-refractivity contribution < 1.29 is 0 Å². The monoisotopic (exact) mass is 440 g/mol. The molecular formula is C28H48N4. The van der Waals surface area contributed by atoms with Crippen LogP contribution in [0.5, 0.6) is 0 Å². The van der Waals surface area contributed by atoms with Crippen molar-refractivity contribution in [1.29, 1.82) is 0 Å². The minimum absolute atomic E-state index is 0.609. The van der Waals surface area contributed by atoms with Gasteiger partial charge in [-0.25, -0.2) is 0 Å². The maximum atomic E-state index is 4.29. The fourth-order valence-electron chi connectivity index (χ4n) is 5.50. The molecule has 0 aliphatic carbocycles. The van der Waals surface area contributed by atoms with E-state index in [-0.39, 0.29) is 0 Å². The topological polar surface area (TPSA) is 30.5 Å². The second-order valence-corrected chi connectivity index (χ2v) is 10.9. The van der Waals surface area contributed by atoms with Crippen LogP contribution in [0.25, 0.3) is 0 Å². The van der Waals surface area contributed by atoms with E-state index in [1.807, 2.05) is 0 Å². The Morgan fingerprint density at radius 2 is 2.00 bits per heavy atom. The Hall–Kier alpha value is -1.52. The van der Waals surface area contributed by atoms with Gasteiger partial charge in [0.05, 0.1) is 0 Å². The number of allylic oxidation sites excluding steroid dienone is 3. The normalized spacial score (nSPS) is 25.0. The van der Waals surface area contributed by atoms with Crippen LogP contribution in [0.4, 0.5) is 0 Å². The smallest absolute Gasteiger partial charge is 0.0236 e. The molecule has 0 radical (unpaired) electrons. The minimum Gasteiger partial charge on any atom is -0.390 e. The van der Waals surface area contributed by atoms with E-state index < -0.39 is 0 Å². The summed E-state index contributed by atoms with van der Waals surface area (Å²) in [7, 11) is 0. The van der Waals surface area contributed by atoms with E-state index >= 15 is 0 Å². The number of nitrogens with zero attached hydrogens (tertiary/aromatic N) is 2. The molecule has 32 heavy (non-hydrogen) atoms. The van der Waals surface area contributed by atoms with Gasteiger partial charge >= 0.3 is 0 Å². The zero-order valence-corrected chi connectivity index (χ0v) is 21.3. The SMILES string of the molecule is C=C/C(CN1CCC2(CC1)CNC2)=C(C)\C(=C\NCC1CCC(=C)N(CC(C)C)C1)CC. The Morgan fingerprint density at radius 3 is 2.56 bits per heavy atom. The molecule has 1 unspecified atom stereocenters. The number of likely N-dealkylation sites (tertiary alicyclic amines) is 2. The van der Waals surface area contributed by atoms with Crippen LogP contribution in [-0.4, -0.2) is 62.2 Å². The Balaban J connectivity index is 1.53. The van der Waals surface area contributed by atoms with Crippen LogP contribution < -0.4 is 10.6 Å². The van der Waals surface area contributed by atoms with Crippen molar-refractivity contribution in [3.05, 3.63) is 47.9 Å². The van der Waals surface area contributed by atoms with E-state index in [9.17, 15) is 0 Å². The highest BCUT2D eigenvalue weighted by Crippen LogP contribution is 2.35. The zero-order chi connectivity index (χ0) is 23.1. The largest absolute Gasteiger partial charge is 0.390 e. The fraction of sp³-hybridized carbons (Fsp3) is 0.714. The number of hydrogen-bond acceptors (Lipinski definition) is 4. The lowest BCUT2D eigenvalue weighted by atomic mass is 9.73. The zero-order valence-electron chi connectivity index (χ0n) is 21.3. The van der Waals surface area contributed by atoms with Crippen LogP contribution in [0.15, 0.2) is 47.9 Å². The molecule has 3 fully saturated rings. The molecule has 3 aliphatic heterocycles. The van der Waals surface area contributed by atoms with Gasteiger partial charge in [-0.1, -0.05) is 40.0 Å². The molecule has 3 aliphatic rings. The molecular weight excluding hydrogens is 392 g/mol. The van der Waals surface area contributed by atoms with Crippen LogP contribution in [0, 0.1) is 17.3 Å². The van der Waals surface area contributed by atoms with E-state index in [1.54, 1.807) is 0 Å². The average molecular weight is 441 g/mol. The molecule has 2 N–H and O–H groups in total. The summed E-state index contributed by atoms with van der Waals surface area (Å²) in [4.78, 5) is 5.14. The summed E-state index contributed by atoms with van der Waals surface area (Å²) in [5, 5.41) is 7.15. The molecule has 3 saturated heterocycles.